The summed E-state index contributed by atoms with van der Waals surface area (Å²) >= 11 is 6.20. The first-order valence-electron chi connectivity index (χ1n) is 11.1. The number of piperazine rings is 1. The molecule has 1 amide bonds. The molecule has 5 rings (SSSR count). The van der Waals surface area contributed by atoms with Gasteiger partial charge in [-0.25, -0.2) is 4.39 Å². The smallest absolute Gasteiger partial charge is 0.253 e. The lowest BCUT2D eigenvalue weighted by Gasteiger charge is -2.38. The second-order valence-corrected chi connectivity index (χ2v) is 9.13. The van der Waals surface area contributed by atoms with E-state index in [1.54, 1.807) is 6.07 Å². The normalized spacial score (nSPS) is 18.2. The molecule has 2 aromatic carbocycles. The number of fused-ring (bicyclic) bond motifs is 1. The Morgan fingerprint density at radius 2 is 1.77 bits per heavy atom. The third kappa shape index (κ3) is 4.21. The van der Waals surface area contributed by atoms with Crippen LogP contribution in [0.25, 0.3) is 10.9 Å². The summed E-state index contributed by atoms with van der Waals surface area (Å²) in [6.45, 7) is 4.12. The number of carbonyl (C=O) groups is 1. The summed E-state index contributed by atoms with van der Waals surface area (Å²) in [7, 11) is 0. The molecular formula is C25H27ClFN3O. The number of nitrogens with zero attached hydrogens (tertiary/aromatic N) is 3. The highest BCUT2D eigenvalue weighted by molar-refractivity contribution is 6.31. The molecular weight excluding hydrogens is 413 g/mol. The minimum absolute atomic E-state index is 0.113. The first-order chi connectivity index (χ1) is 15.1. The molecule has 1 aromatic heterocycles. The Bertz CT molecular complexity index is 1100. The van der Waals surface area contributed by atoms with E-state index >= 15 is 0 Å². The zero-order valence-electron chi connectivity index (χ0n) is 17.6. The van der Waals surface area contributed by atoms with Gasteiger partial charge in [0.25, 0.3) is 5.91 Å². The van der Waals surface area contributed by atoms with Gasteiger partial charge in [0, 0.05) is 66.5 Å². The van der Waals surface area contributed by atoms with Crippen molar-refractivity contribution in [2.24, 2.45) is 0 Å². The third-order valence-corrected chi connectivity index (χ3v) is 7.17. The van der Waals surface area contributed by atoms with Crippen molar-refractivity contribution >= 4 is 28.4 Å². The molecule has 1 aliphatic heterocycles. The van der Waals surface area contributed by atoms with Gasteiger partial charge >= 0.3 is 0 Å². The summed E-state index contributed by atoms with van der Waals surface area (Å²) in [6, 6.07) is 13.1. The van der Waals surface area contributed by atoms with Gasteiger partial charge in [-0.15, -0.1) is 0 Å². The monoisotopic (exact) mass is 439 g/mol. The summed E-state index contributed by atoms with van der Waals surface area (Å²) in [5, 5.41) is 1.44. The van der Waals surface area contributed by atoms with Crippen LogP contribution in [0.5, 0.6) is 0 Å². The first kappa shape index (κ1) is 20.5. The maximum Gasteiger partial charge on any atom is 0.253 e. The van der Waals surface area contributed by atoms with E-state index in [1.165, 1.54) is 37.8 Å². The van der Waals surface area contributed by atoms with Gasteiger partial charge in [-0.2, -0.15) is 0 Å². The molecule has 1 saturated heterocycles. The van der Waals surface area contributed by atoms with Crippen LogP contribution < -0.4 is 0 Å². The van der Waals surface area contributed by atoms with Gasteiger partial charge in [0.1, 0.15) is 5.82 Å². The number of aromatic nitrogens is 1. The van der Waals surface area contributed by atoms with Crippen LogP contribution in [-0.2, 0) is 6.54 Å². The highest BCUT2D eigenvalue weighted by Gasteiger charge is 2.28. The molecule has 0 N–H and O–H groups in total. The number of hydrogen-bond acceptors (Lipinski definition) is 2. The van der Waals surface area contributed by atoms with E-state index in [1.807, 2.05) is 35.4 Å². The van der Waals surface area contributed by atoms with Gasteiger partial charge in [-0.3, -0.25) is 9.69 Å². The Morgan fingerprint density at radius 3 is 2.52 bits per heavy atom. The van der Waals surface area contributed by atoms with Crippen molar-refractivity contribution in [1.82, 2.24) is 14.4 Å². The van der Waals surface area contributed by atoms with Crippen LogP contribution >= 0.6 is 11.6 Å². The average molecular weight is 440 g/mol. The van der Waals surface area contributed by atoms with Crippen LogP contribution in [0.3, 0.4) is 0 Å². The number of halogens is 2. The minimum atomic E-state index is -0.335. The van der Waals surface area contributed by atoms with Crippen molar-refractivity contribution < 1.29 is 9.18 Å². The number of benzene rings is 2. The van der Waals surface area contributed by atoms with Gasteiger partial charge < -0.3 is 9.47 Å². The van der Waals surface area contributed by atoms with E-state index in [9.17, 15) is 9.18 Å². The molecule has 1 aliphatic carbocycles. The molecule has 2 aliphatic rings. The maximum atomic E-state index is 13.3. The fourth-order valence-corrected chi connectivity index (χ4v) is 5.27. The molecule has 0 bridgehead atoms. The Hall–Kier alpha value is -2.37. The fourth-order valence-electron chi connectivity index (χ4n) is 5.05. The van der Waals surface area contributed by atoms with E-state index in [2.05, 4.69) is 9.47 Å². The van der Waals surface area contributed by atoms with Crippen molar-refractivity contribution in [3.63, 3.8) is 0 Å². The second kappa shape index (κ2) is 8.64. The number of rotatable bonds is 4. The van der Waals surface area contributed by atoms with Crippen LogP contribution in [0.15, 0.2) is 48.7 Å². The highest BCUT2D eigenvalue weighted by Crippen LogP contribution is 2.26. The van der Waals surface area contributed by atoms with Gasteiger partial charge in [-0.05, 0) is 54.8 Å². The zero-order chi connectivity index (χ0) is 21.4. The molecule has 2 fully saturated rings. The largest absolute Gasteiger partial charge is 0.343 e. The van der Waals surface area contributed by atoms with Crippen molar-refractivity contribution in [3.8, 4) is 0 Å². The lowest BCUT2D eigenvalue weighted by Crippen LogP contribution is -2.51. The lowest BCUT2D eigenvalue weighted by molar-refractivity contribution is 0.0573. The number of carbonyl (C=O) groups excluding carboxylic acids is 1. The van der Waals surface area contributed by atoms with Crippen LogP contribution in [0.4, 0.5) is 4.39 Å². The molecule has 3 aromatic rings. The molecule has 0 atom stereocenters. The van der Waals surface area contributed by atoms with Crippen molar-refractivity contribution in [3.05, 3.63) is 70.6 Å². The molecule has 0 spiro atoms. The molecule has 162 valence electrons. The molecule has 2 heterocycles. The Kier molecular flexibility index (Phi) is 5.72. The van der Waals surface area contributed by atoms with Crippen molar-refractivity contribution in [2.45, 2.75) is 38.3 Å². The van der Waals surface area contributed by atoms with Crippen molar-refractivity contribution in [2.75, 3.05) is 26.2 Å². The van der Waals surface area contributed by atoms with E-state index in [0.717, 1.165) is 54.3 Å². The molecule has 0 radical (unpaired) electrons. The maximum absolute atomic E-state index is 13.3. The predicted molar refractivity (Wildman–Crippen MR) is 122 cm³/mol. The average Bonchev–Trinajstić information content (AvgIpc) is 3.45. The molecule has 1 saturated carbocycles. The standard InChI is InChI=1S/C25H27ClFN3O/c26-23-16-21(27)7-5-20(23)17-30-10-9-18-15-19(6-8-24(18)30)25(31)29-13-11-28(12-14-29)22-3-1-2-4-22/h5-10,15-16,22H,1-4,11-14,17H2. The molecule has 0 unspecified atom stereocenters. The number of amides is 1. The Balaban J connectivity index is 1.28. The SMILES string of the molecule is O=C(c1ccc2c(ccn2Cc2ccc(F)cc2Cl)c1)N1CCN(C2CCCC2)CC1. The summed E-state index contributed by atoms with van der Waals surface area (Å²) < 4.78 is 15.4. The van der Waals surface area contributed by atoms with E-state index in [0.29, 0.717) is 11.6 Å². The number of hydrogen-bond donors (Lipinski definition) is 0. The van der Waals surface area contributed by atoms with Crippen molar-refractivity contribution in [1.29, 1.82) is 0 Å². The first-order valence-corrected chi connectivity index (χ1v) is 11.5. The predicted octanol–water partition coefficient (Wildman–Crippen LogP) is 5.18. The topological polar surface area (TPSA) is 28.5 Å². The molecule has 6 heteroatoms. The van der Waals surface area contributed by atoms with E-state index in [-0.39, 0.29) is 11.7 Å². The van der Waals surface area contributed by atoms with Crippen LogP contribution in [-0.4, -0.2) is 52.5 Å². The third-order valence-electron chi connectivity index (χ3n) is 6.82. The van der Waals surface area contributed by atoms with Crippen LogP contribution in [0, 0.1) is 5.82 Å². The van der Waals surface area contributed by atoms with Gasteiger partial charge in [0.2, 0.25) is 0 Å². The van der Waals surface area contributed by atoms with E-state index in [4.69, 9.17) is 11.6 Å². The van der Waals surface area contributed by atoms with Gasteiger partial charge in [0.05, 0.1) is 0 Å². The summed E-state index contributed by atoms with van der Waals surface area (Å²) in [5.41, 5.74) is 2.63. The molecule has 31 heavy (non-hydrogen) atoms. The quantitative estimate of drug-likeness (QED) is 0.560. The van der Waals surface area contributed by atoms with Crippen LogP contribution in [0.1, 0.15) is 41.6 Å². The Morgan fingerprint density at radius 1 is 1.00 bits per heavy atom. The highest BCUT2D eigenvalue weighted by atomic mass is 35.5. The van der Waals surface area contributed by atoms with Gasteiger partial charge in [-0.1, -0.05) is 30.5 Å². The second-order valence-electron chi connectivity index (χ2n) is 8.72. The summed E-state index contributed by atoms with van der Waals surface area (Å²) in [4.78, 5) is 17.7. The lowest BCUT2D eigenvalue weighted by atomic mass is 10.1. The summed E-state index contributed by atoms with van der Waals surface area (Å²) in [6.07, 6.45) is 7.29. The minimum Gasteiger partial charge on any atom is -0.343 e. The fraction of sp³-hybridized carbons (Fsp3) is 0.400. The van der Waals surface area contributed by atoms with Crippen LogP contribution in [0.2, 0.25) is 5.02 Å². The Labute approximate surface area is 187 Å². The van der Waals surface area contributed by atoms with Gasteiger partial charge in [0.15, 0.2) is 0 Å². The zero-order valence-corrected chi connectivity index (χ0v) is 18.3. The molecule has 4 nitrogen and oxygen atoms in total. The van der Waals surface area contributed by atoms with E-state index < -0.39 is 0 Å². The summed E-state index contributed by atoms with van der Waals surface area (Å²) in [5.74, 6) is -0.222.